The van der Waals surface area contributed by atoms with Crippen molar-refractivity contribution in [2.75, 3.05) is 35.2 Å². The zero-order valence-electron chi connectivity index (χ0n) is 14.6. The number of nitrogens with zero attached hydrogens (tertiary/aromatic N) is 1. The maximum atomic E-state index is 12.4. The lowest BCUT2D eigenvalue weighted by atomic mass is 10.2. The first-order valence-corrected chi connectivity index (χ1v) is 10.2. The highest BCUT2D eigenvalue weighted by Crippen LogP contribution is 2.19. The summed E-state index contributed by atoms with van der Waals surface area (Å²) in [6.07, 6.45) is 0.831. The van der Waals surface area contributed by atoms with Crippen LogP contribution in [0.3, 0.4) is 0 Å². The van der Waals surface area contributed by atoms with Crippen molar-refractivity contribution in [1.82, 2.24) is 4.90 Å². The molecule has 2 rings (SSSR count). The Balaban J connectivity index is 1.82. The van der Waals surface area contributed by atoms with Gasteiger partial charge in [-0.1, -0.05) is 0 Å². The molecule has 138 valence electrons. The summed E-state index contributed by atoms with van der Waals surface area (Å²) in [6.45, 7) is 4.31. The van der Waals surface area contributed by atoms with Gasteiger partial charge in [0.2, 0.25) is 11.8 Å². The maximum absolute atomic E-state index is 12.4. The summed E-state index contributed by atoms with van der Waals surface area (Å²) in [5.41, 5.74) is 1.57. The van der Waals surface area contributed by atoms with E-state index in [2.05, 4.69) is 10.6 Å². The van der Waals surface area contributed by atoms with Crippen LogP contribution in [0.25, 0.3) is 0 Å². The third kappa shape index (κ3) is 5.74. The molecule has 1 aliphatic rings. The average molecular weight is 367 g/mol. The second-order valence-electron chi connectivity index (χ2n) is 6.17. The van der Waals surface area contributed by atoms with Crippen molar-refractivity contribution in [3.05, 3.63) is 24.3 Å². The van der Waals surface area contributed by atoms with Gasteiger partial charge in [-0.15, -0.1) is 0 Å². The SMILES string of the molecule is CCN(C(=O)CCNc1ccc(NC(C)=O)cc1)C1CCS(=O)(=O)C1. The highest BCUT2D eigenvalue weighted by molar-refractivity contribution is 7.91. The van der Waals surface area contributed by atoms with E-state index in [0.29, 0.717) is 31.6 Å². The number of anilines is 2. The van der Waals surface area contributed by atoms with Crippen LogP contribution in [0.1, 0.15) is 26.7 Å². The zero-order valence-corrected chi connectivity index (χ0v) is 15.4. The van der Waals surface area contributed by atoms with Crippen LogP contribution in [-0.4, -0.2) is 55.8 Å². The van der Waals surface area contributed by atoms with Gasteiger partial charge in [0.15, 0.2) is 9.84 Å². The van der Waals surface area contributed by atoms with Crippen LogP contribution in [0.2, 0.25) is 0 Å². The fraction of sp³-hybridized carbons (Fsp3) is 0.529. The molecule has 7 nitrogen and oxygen atoms in total. The van der Waals surface area contributed by atoms with Crippen LogP contribution in [0.4, 0.5) is 11.4 Å². The summed E-state index contributed by atoms with van der Waals surface area (Å²) in [7, 11) is -3.00. The summed E-state index contributed by atoms with van der Waals surface area (Å²) < 4.78 is 23.2. The molecule has 1 atom stereocenters. The predicted molar refractivity (Wildman–Crippen MR) is 98.3 cm³/mol. The molecule has 0 spiro atoms. The molecule has 0 aromatic heterocycles. The summed E-state index contributed by atoms with van der Waals surface area (Å²) in [6, 6.07) is 7.04. The second-order valence-corrected chi connectivity index (χ2v) is 8.40. The second kappa shape index (κ2) is 8.33. The predicted octanol–water partition coefficient (Wildman–Crippen LogP) is 1.48. The first kappa shape index (κ1) is 19.2. The largest absolute Gasteiger partial charge is 0.385 e. The van der Waals surface area contributed by atoms with E-state index in [1.54, 1.807) is 17.0 Å². The van der Waals surface area contributed by atoms with Gasteiger partial charge in [-0.3, -0.25) is 9.59 Å². The molecule has 0 radical (unpaired) electrons. The van der Waals surface area contributed by atoms with E-state index in [4.69, 9.17) is 0 Å². The van der Waals surface area contributed by atoms with E-state index in [9.17, 15) is 18.0 Å². The molecule has 0 aliphatic carbocycles. The topological polar surface area (TPSA) is 95.6 Å². The number of benzene rings is 1. The van der Waals surface area contributed by atoms with Crippen LogP contribution in [-0.2, 0) is 19.4 Å². The number of sulfone groups is 1. The van der Waals surface area contributed by atoms with Gasteiger partial charge in [-0.2, -0.15) is 0 Å². The van der Waals surface area contributed by atoms with Gasteiger partial charge >= 0.3 is 0 Å². The molecule has 1 fully saturated rings. The monoisotopic (exact) mass is 367 g/mol. The molecule has 25 heavy (non-hydrogen) atoms. The molecule has 2 N–H and O–H groups in total. The Bertz CT molecular complexity index is 716. The number of hydrogen-bond acceptors (Lipinski definition) is 5. The van der Waals surface area contributed by atoms with E-state index in [1.165, 1.54) is 6.92 Å². The number of nitrogens with one attached hydrogen (secondary N) is 2. The average Bonchev–Trinajstić information content (AvgIpc) is 2.89. The number of amides is 2. The smallest absolute Gasteiger partial charge is 0.224 e. The van der Waals surface area contributed by atoms with Crippen molar-refractivity contribution < 1.29 is 18.0 Å². The Morgan fingerprint density at radius 3 is 2.36 bits per heavy atom. The molecule has 1 aliphatic heterocycles. The lowest BCUT2D eigenvalue weighted by molar-refractivity contribution is -0.132. The first-order chi connectivity index (χ1) is 11.8. The van der Waals surface area contributed by atoms with Crippen molar-refractivity contribution in [2.24, 2.45) is 0 Å². The number of carbonyl (C=O) groups excluding carboxylic acids is 2. The summed E-state index contributed by atoms with van der Waals surface area (Å²) in [5, 5.41) is 5.85. The number of hydrogen-bond donors (Lipinski definition) is 2. The van der Waals surface area contributed by atoms with Crippen LogP contribution in [0.15, 0.2) is 24.3 Å². The van der Waals surface area contributed by atoms with Gasteiger partial charge in [0.1, 0.15) is 0 Å². The van der Waals surface area contributed by atoms with Crippen molar-refractivity contribution in [2.45, 2.75) is 32.7 Å². The third-order valence-corrected chi connectivity index (χ3v) is 5.93. The van der Waals surface area contributed by atoms with Gasteiger partial charge in [0.25, 0.3) is 0 Å². The molecule has 1 aromatic rings. The van der Waals surface area contributed by atoms with Crippen LogP contribution in [0.5, 0.6) is 0 Å². The van der Waals surface area contributed by atoms with Crippen molar-refractivity contribution in [1.29, 1.82) is 0 Å². The van der Waals surface area contributed by atoms with Crippen molar-refractivity contribution >= 4 is 33.0 Å². The minimum Gasteiger partial charge on any atom is -0.385 e. The first-order valence-electron chi connectivity index (χ1n) is 8.42. The summed E-state index contributed by atoms with van der Waals surface area (Å²) >= 11 is 0. The summed E-state index contributed by atoms with van der Waals surface area (Å²) in [4.78, 5) is 25.0. The molecule has 0 bridgehead atoms. The van der Waals surface area contributed by atoms with E-state index >= 15 is 0 Å². The van der Waals surface area contributed by atoms with Gasteiger partial charge < -0.3 is 15.5 Å². The van der Waals surface area contributed by atoms with Crippen LogP contribution in [0, 0.1) is 0 Å². The molecule has 0 saturated carbocycles. The van der Waals surface area contributed by atoms with E-state index < -0.39 is 9.84 Å². The Morgan fingerprint density at radius 2 is 1.84 bits per heavy atom. The van der Waals surface area contributed by atoms with Crippen molar-refractivity contribution in [3.63, 3.8) is 0 Å². The zero-order chi connectivity index (χ0) is 18.4. The van der Waals surface area contributed by atoms with Gasteiger partial charge in [0.05, 0.1) is 11.5 Å². The fourth-order valence-electron chi connectivity index (χ4n) is 2.99. The number of carbonyl (C=O) groups is 2. The lowest BCUT2D eigenvalue weighted by Gasteiger charge is -2.27. The highest BCUT2D eigenvalue weighted by atomic mass is 32.2. The van der Waals surface area contributed by atoms with Gasteiger partial charge in [0, 0.05) is 43.9 Å². The van der Waals surface area contributed by atoms with Gasteiger partial charge in [-0.25, -0.2) is 8.42 Å². The molecular weight excluding hydrogens is 342 g/mol. The highest BCUT2D eigenvalue weighted by Gasteiger charge is 2.33. The number of rotatable bonds is 7. The Labute approximate surface area is 148 Å². The molecular formula is C17H25N3O4S. The Kier molecular flexibility index (Phi) is 6.41. The normalized spacial score (nSPS) is 18.6. The molecule has 1 aromatic carbocycles. The molecule has 1 heterocycles. The fourth-order valence-corrected chi connectivity index (χ4v) is 4.72. The quantitative estimate of drug-likeness (QED) is 0.761. The van der Waals surface area contributed by atoms with Crippen LogP contribution >= 0.6 is 0 Å². The minimum absolute atomic E-state index is 0.0352. The molecule has 2 amide bonds. The standard InChI is InChI=1S/C17H25N3O4S/c1-3-20(16-9-11-25(23,24)12-16)17(22)8-10-18-14-4-6-15(7-5-14)19-13(2)21/h4-7,16,18H,3,8-12H2,1-2H3,(H,19,21). The maximum Gasteiger partial charge on any atom is 0.224 e. The molecule has 1 saturated heterocycles. The third-order valence-electron chi connectivity index (χ3n) is 4.18. The Morgan fingerprint density at radius 1 is 1.20 bits per heavy atom. The van der Waals surface area contributed by atoms with Crippen molar-refractivity contribution in [3.8, 4) is 0 Å². The van der Waals surface area contributed by atoms with E-state index in [-0.39, 0.29) is 29.4 Å². The molecule has 8 heteroatoms. The Hall–Kier alpha value is -2.09. The molecule has 1 unspecified atom stereocenters. The van der Waals surface area contributed by atoms with E-state index in [1.807, 2.05) is 19.1 Å². The van der Waals surface area contributed by atoms with E-state index in [0.717, 1.165) is 5.69 Å². The minimum atomic E-state index is -3.00. The summed E-state index contributed by atoms with van der Waals surface area (Å²) in [5.74, 6) is 0.0807. The van der Waals surface area contributed by atoms with Gasteiger partial charge in [-0.05, 0) is 37.6 Å². The lowest BCUT2D eigenvalue weighted by Crippen LogP contribution is -2.41. The van der Waals surface area contributed by atoms with Crippen LogP contribution < -0.4 is 10.6 Å².